The van der Waals surface area contributed by atoms with E-state index >= 15 is 0 Å². The third kappa shape index (κ3) is 4.63. The topological polar surface area (TPSA) is 104 Å². The van der Waals surface area contributed by atoms with Crippen molar-refractivity contribution in [2.24, 2.45) is 0 Å². The Morgan fingerprint density at radius 3 is 2.48 bits per heavy atom. The number of nitrogens with one attached hydrogen (secondary N) is 2. The first-order valence-corrected chi connectivity index (χ1v) is 9.23. The zero-order valence-electron chi connectivity index (χ0n) is 16.5. The van der Waals surface area contributed by atoms with Gasteiger partial charge in [-0.05, 0) is 43.5 Å². The van der Waals surface area contributed by atoms with E-state index in [0.717, 1.165) is 16.7 Å². The van der Waals surface area contributed by atoms with Crippen LogP contribution >= 0.6 is 0 Å². The number of aromatic amines is 1. The maximum atomic E-state index is 12.8. The molecule has 3 rings (SSSR count). The van der Waals surface area contributed by atoms with Crippen LogP contribution in [0.1, 0.15) is 45.2 Å². The normalized spacial score (nSPS) is 11.8. The van der Waals surface area contributed by atoms with E-state index in [4.69, 9.17) is 0 Å². The predicted octanol–water partition coefficient (Wildman–Crippen LogP) is 3.04. The maximum Gasteiger partial charge on any atom is 0.305 e. The molecule has 0 aliphatic heterocycles. The minimum Gasteiger partial charge on any atom is -0.481 e. The van der Waals surface area contributed by atoms with Crippen LogP contribution < -0.4 is 10.9 Å². The van der Waals surface area contributed by atoms with Gasteiger partial charge in [0.05, 0.1) is 18.2 Å². The van der Waals surface area contributed by atoms with Gasteiger partial charge in [0.2, 0.25) is 0 Å². The molecule has 0 bridgehead atoms. The van der Waals surface area contributed by atoms with E-state index in [2.05, 4.69) is 10.4 Å². The number of aliphatic carboxylic acids is 1. The fraction of sp³-hybridized carbons (Fsp3) is 0.227. The summed E-state index contributed by atoms with van der Waals surface area (Å²) in [5, 5.41) is 14.8. The van der Waals surface area contributed by atoms with E-state index in [-0.39, 0.29) is 17.7 Å². The molecule has 1 amide bonds. The molecule has 1 unspecified atom stereocenters. The molecule has 2 aromatic carbocycles. The van der Waals surface area contributed by atoms with Gasteiger partial charge in [0.15, 0.2) is 0 Å². The number of hydrogen-bond donors (Lipinski definition) is 3. The largest absolute Gasteiger partial charge is 0.481 e. The molecule has 29 heavy (non-hydrogen) atoms. The fourth-order valence-electron chi connectivity index (χ4n) is 3.20. The summed E-state index contributed by atoms with van der Waals surface area (Å²) in [6.45, 7) is 5.69. The van der Waals surface area contributed by atoms with Crippen LogP contribution in [0.5, 0.6) is 0 Å². The number of aromatic nitrogens is 2. The first-order chi connectivity index (χ1) is 13.7. The van der Waals surface area contributed by atoms with Crippen molar-refractivity contribution in [2.75, 3.05) is 0 Å². The van der Waals surface area contributed by atoms with Gasteiger partial charge in [-0.25, -0.2) is 4.68 Å². The highest BCUT2D eigenvalue weighted by molar-refractivity contribution is 5.92. The lowest BCUT2D eigenvalue weighted by atomic mass is 10.0. The molecule has 0 saturated carbocycles. The van der Waals surface area contributed by atoms with Gasteiger partial charge >= 0.3 is 5.97 Å². The Bertz CT molecular complexity index is 1130. The van der Waals surface area contributed by atoms with Crippen molar-refractivity contribution >= 4 is 11.9 Å². The molecule has 1 aromatic heterocycles. The SMILES string of the molecule is Cc1cccc(C(CC(=O)O)NC(=O)c2cc(=O)n(-c3cc(C)ccc3C)[nH]2)c1. The summed E-state index contributed by atoms with van der Waals surface area (Å²) in [5.41, 5.74) is 3.88. The number of hydrogen-bond acceptors (Lipinski definition) is 3. The average Bonchev–Trinajstić information content (AvgIpc) is 3.04. The Balaban J connectivity index is 1.90. The zero-order valence-corrected chi connectivity index (χ0v) is 16.5. The minimum atomic E-state index is -1.03. The molecule has 0 fully saturated rings. The van der Waals surface area contributed by atoms with Gasteiger partial charge in [-0.15, -0.1) is 0 Å². The summed E-state index contributed by atoms with van der Waals surface area (Å²) in [5.74, 6) is -1.57. The van der Waals surface area contributed by atoms with Gasteiger partial charge in [-0.3, -0.25) is 19.5 Å². The third-order valence-electron chi connectivity index (χ3n) is 4.70. The molecule has 0 spiro atoms. The van der Waals surface area contributed by atoms with Crippen molar-refractivity contribution in [3.63, 3.8) is 0 Å². The number of nitrogens with zero attached hydrogens (tertiary/aromatic N) is 1. The number of H-pyrrole nitrogens is 1. The molecule has 7 heteroatoms. The molecular formula is C22H23N3O4. The zero-order chi connectivity index (χ0) is 21.1. The number of carboxylic acid groups (broad SMARTS) is 1. The number of carboxylic acids is 1. The van der Waals surface area contributed by atoms with Gasteiger partial charge < -0.3 is 10.4 Å². The Morgan fingerprint density at radius 2 is 1.79 bits per heavy atom. The summed E-state index contributed by atoms with van der Waals surface area (Å²) >= 11 is 0. The fourth-order valence-corrected chi connectivity index (χ4v) is 3.20. The predicted molar refractivity (Wildman–Crippen MR) is 110 cm³/mol. The van der Waals surface area contributed by atoms with Crippen LogP contribution in [-0.2, 0) is 4.79 Å². The van der Waals surface area contributed by atoms with Gasteiger partial charge in [-0.1, -0.05) is 42.0 Å². The van der Waals surface area contributed by atoms with Crippen LogP contribution in [0.4, 0.5) is 0 Å². The van der Waals surface area contributed by atoms with Crippen LogP contribution in [0.3, 0.4) is 0 Å². The molecule has 0 aliphatic carbocycles. The van der Waals surface area contributed by atoms with E-state index in [1.165, 1.54) is 10.7 Å². The quantitative estimate of drug-likeness (QED) is 0.599. The highest BCUT2D eigenvalue weighted by atomic mass is 16.4. The lowest BCUT2D eigenvalue weighted by Gasteiger charge is -2.17. The number of carbonyl (C=O) groups excluding carboxylic acids is 1. The minimum absolute atomic E-state index is 0.0685. The molecule has 3 aromatic rings. The lowest BCUT2D eigenvalue weighted by molar-refractivity contribution is -0.137. The van der Waals surface area contributed by atoms with Gasteiger partial charge in [0.25, 0.3) is 11.5 Å². The Labute approximate surface area is 168 Å². The standard InChI is InChI=1S/C22H23N3O4/c1-13-5-4-6-16(9-13)17(12-21(27)28)23-22(29)18-11-20(26)25(24-18)19-10-14(2)7-8-15(19)3/h4-11,17,24H,12H2,1-3H3,(H,23,29)(H,27,28). The molecule has 150 valence electrons. The molecule has 1 heterocycles. The first-order valence-electron chi connectivity index (χ1n) is 9.23. The van der Waals surface area contributed by atoms with Gasteiger partial charge in [0, 0.05) is 6.07 Å². The Hall–Kier alpha value is -3.61. The van der Waals surface area contributed by atoms with Crippen LogP contribution in [0.15, 0.2) is 53.3 Å². The molecule has 0 saturated heterocycles. The van der Waals surface area contributed by atoms with Crippen LogP contribution in [0, 0.1) is 20.8 Å². The van der Waals surface area contributed by atoms with E-state index in [1.807, 2.05) is 57.2 Å². The Morgan fingerprint density at radius 1 is 1.07 bits per heavy atom. The van der Waals surface area contributed by atoms with Crippen molar-refractivity contribution in [2.45, 2.75) is 33.2 Å². The lowest BCUT2D eigenvalue weighted by Crippen LogP contribution is -2.30. The first kappa shape index (κ1) is 20.1. The summed E-state index contributed by atoms with van der Waals surface area (Å²) in [6, 6.07) is 13.5. The van der Waals surface area contributed by atoms with E-state index in [1.54, 1.807) is 6.07 Å². The van der Waals surface area contributed by atoms with Crippen molar-refractivity contribution < 1.29 is 14.7 Å². The van der Waals surface area contributed by atoms with Crippen molar-refractivity contribution in [1.82, 2.24) is 15.1 Å². The van der Waals surface area contributed by atoms with Crippen molar-refractivity contribution in [1.29, 1.82) is 0 Å². The number of rotatable bonds is 6. The average molecular weight is 393 g/mol. The summed E-state index contributed by atoms with van der Waals surface area (Å²) < 4.78 is 1.32. The molecule has 3 N–H and O–H groups in total. The van der Waals surface area contributed by atoms with Crippen LogP contribution in [-0.4, -0.2) is 26.8 Å². The highest BCUT2D eigenvalue weighted by Crippen LogP contribution is 2.19. The van der Waals surface area contributed by atoms with Gasteiger partial charge in [-0.2, -0.15) is 0 Å². The smallest absolute Gasteiger partial charge is 0.305 e. The maximum absolute atomic E-state index is 12.8. The molecule has 1 atom stereocenters. The number of aryl methyl sites for hydroxylation is 3. The summed E-state index contributed by atoms with van der Waals surface area (Å²) in [6.07, 6.45) is -0.267. The monoisotopic (exact) mass is 393 g/mol. The van der Waals surface area contributed by atoms with Gasteiger partial charge in [0.1, 0.15) is 5.69 Å². The van der Waals surface area contributed by atoms with E-state index < -0.39 is 17.9 Å². The van der Waals surface area contributed by atoms with E-state index in [0.29, 0.717) is 11.3 Å². The van der Waals surface area contributed by atoms with E-state index in [9.17, 15) is 19.5 Å². The Kier molecular flexibility index (Phi) is 5.68. The summed E-state index contributed by atoms with van der Waals surface area (Å²) in [4.78, 5) is 36.5. The second kappa shape index (κ2) is 8.18. The number of amides is 1. The highest BCUT2D eigenvalue weighted by Gasteiger charge is 2.21. The van der Waals surface area contributed by atoms with Crippen molar-refractivity contribution in [3.05, 3.63) is 86.8 Å². The number of carbonyl (C=O) groups is 2. The summed E-state index contributed by atoms with van der Waals surface area (Å²) in [7, 11) is 0. The molecule has 0 aliphatic rings. The van der Waals surface area contributed by atoms with Crippen molar-refractivity contribution in [3.8, 4) is 5.69 Å². The third-order valence-corrected chi connectivity index (χ3v) is 4.70. The second-order valence-corrected chi connectivity index (χ2v) is 7.17. The molecule has 7 nitrogen and oxygen atoms in total. The number of benzene rings is 2. The second-order valence-electron chi connectivity index (χ2n) is 7.17. The molecule has 0 radical (unpaired) electrons. The molecular weight excluding hydrogens is 370 g/mol. The van der Waals surface area contributed by atoms with Crippen LogP contribution in [0.25, 0.3) is 5.69 Å². The van der Waals surface area contributed by atoms with Crippen LogP contribution in [0.2, 0.25) is 0 Å².